The van der Waals surface area contributed by atoms with Crippen LogP contribution in [0.2, 0.25) is 5.02 Å². The van der Waals surface area contributed by atoms with Gasteiger partial charge in [0.1, 0.15) is 0 Å². The Morgan fingerprint density at radius 1 is 1.38 bits per heavy atom. The van der Waals surface area contributed by atoms with Crippen LogP contribution in [0.5, 0.6) is 5.75 Å². The second kappa shape index (κ2) is 6.51. The molecule has 4 heteroatoms. The molecule has 0 spiro atoms. The van der Waals surface area contributed by atoms with Crippen molar-refractivity contribution in [3.8, 4) is 5.75 Å². The SMILES string of the molecule is CCCCC12CCC(=O)C(CC)=C1c1cc(F)c(OC)c(Cl)c1C2. The first kappa shape index (κ1) is 17.5. The van der Waals surface area contributed by atoms with Crippen molar-refractivity contribution < 1.29 is 13.9 Å². The van der Waals surface area contributed by atoms with Crippen LogP contribution in [0.25, 0.3) is 5.57 Å². The van der Waals surface area contributed by atoms with Crippen LogP contribution >= 0.6 is 11.6 Å². The van der Waals surface area contributed by atoms with Crippen LogP contribution in [0.4, 0.5) is 4.39 Å². The molecule has 0 amide bonds. The monoisotopic (exact) mass is 350 g/mol. The molecule has 130 valence electrons. The molecule has 0 N–H and O–H groups in total. The van der Waals surface area contributed by atoms with E-state index in [2.05, 4.69) is 6.92 Å². The van der Waals surface area contributed by atoms with E-state index in [1.807, 2.05) is 6.92 Å². The Balaban J connectivity index is 2.26. The van der Waals surface area contributed by atoms with Crippen LogP contribution in [0.1, 0.15) is 63.5 Å². The maximum atomic E-state index is 14.5. The van der Waals surface area contributed by atoms with Crippen molar-refractivity contribution in [2.24, 2.45) is 5.41 Å². The Hall–Kier alpha value is -1.35. The quantitative estimate of drug-likeness (QED) is 0.676. The molecule has 2 nitrogen and oxygen atoms in total. The van der Waals surface area contributed by atoms with Gasteiger partial charge in [-0.05, 0) is 54.0 Å². The second-order valence-electron chi connectivity index (χ2n) is 6.92. The van der Waals surface area contributed by atoms with E-state index in [0.29, 0.717) is 17.9 Å². The minimum absolute atomic E-state index is 0.0694. The minimum Gasteiger partial charge on any atom is -0.492 e. The van der Waals surface area contributed by atoms with Crippen molar-refractivity contribution in [3.05, 3.63) is 33.6 Å². The molecule has 0 saturated carbocycles. The lowest BCUT2D eigenvalue weighted by molar-refractivity contribution is -0.116. The molecule has 0 saturated heterocycles. The Kier molecular flexibility index (Phi) is 4.74. The fraction of sp³-hybridized carbons (Fsp3) is 0.550. The van der Waals surface area contributed by atoms with E-state index in [9.17, 15) is 9.18 Å². The molecule has 1 aromatic carbocycles. The number of fused-ring (bicyclic) bond motifs is 3. The molecular weight excluding hydrogens is 327 g/mol. The maximum Gasteiger partial charge on any atom is 0.173 e. The molecule has 0 aliphatic heterocycles. The molecule has 0 aromatic heterocycles. The summed E-state index contributed by atoms with van der Waals surface area (Å²) < 4.78 is 19.6. The molecular formula is C20H24ClFO2. The zero-order chi connectivity index (χ0) is 17.5. The lowest BCUT2D eigenvalue weighted by atomic mass is 9.67. The highest BCUT2D eigenvalue weighted by molar-refractivity contribution is 6.33. The third kappa shape index (κ3) is 2.48. The van der Waals surface area contributed by atoms with Crippen molar-refractivity contribution >= 4 is 23.0 Å². The highest BCUT2D eigenvalue weighted by Gasteiger charge is 2.47. The van der Waals surface area contributed by atoms with E-state index in [4.69, 9.17) is 16.3 Å². The molecule has 0 heterocycles. The number of hydrogen-bond acceptors (Lipinski definition) is 2. The van der Waals surface area contributed by atoms with Crippen molar-refractivity contribution in [2.75, 3.05) is 7.11 Å². The number of rotatable bonds is 5. The van der Waals surface area contributed by atoms with E-state index >= 15 is 0 Å². The summed E-state index contributed by atoms with van der Waals surface area (Å²) in [5.74, 6) is -0.127. The van der Waals surface area contributed by atoms with Gasteiger partial charge in [0.25, 0.3) is 0 Å². The maximum absolute atomic E-state index is 14.5. The summed E-state index contributed by atoms with van der Waals surface area (Å²) in [6.07, 6.45) is 6.11. The largest absolute Gasteiger partial charge is 0.492 e. The van der Waals surface area contributed by atoms with E-state index < -0.39 is 5.82 Å². The molecule has 1 unspecified atom stereocenters. The topological polar surface area (TPSA) is 26.3 Å². The number of carbonyl (C=O) groups excluding carboxylic acids is 1. The Morgan fingerprint density at radius 2 is 2.12 bits per heavy atom. The molecule has 0 fully saturated rings. The van der Waals surface area contributed by atoms with Crippen molar-refractivity contribution in [1.29, 1.82) is 0 Å². The summed E-state index contributed by atoms with van der Waals surface area (Å²) in [5, 5.41) is 0.369. The fourth-order valence-electron chi connectivity index (χ4n) is 4.50. The predicted octanol–water partition coefficient (Wildman–Crippen LogP) is 5.75. The zero-order valence-electron chi connectivity index (χ0n) is 14.6. The fourth-order valence-corrected chi connectivity index (χ4v) is 4.84. The normalized spacial score (nSPS) is 22.6. The Labute approximate surface area is 148 Å². The summed E-state index contributed by atoms with van der Waals surface area (Å²) in [6, 6.07) is 1.53. The summed E-state index contributed by atoms with van der Waals surface area (Å²) in [7, 11) is 1.44. The van der Waals surface area contributed by atoms with Crippen LogP contribution < -0.4 is 4.74 Å². The molecule has 2 aliphatic carbocycles. The van der Waals surface area contributed by atoms with E-state index in [0.717, 1.165) is 54.4 Å². The van der Waals surface area contributed by atoms with Gasteiger partial charge in [0, 0.05) is 11.8 Å². The van der Waals surface area contributed by atoms with Gasteiger partial charge in [0.2, 0.25) is 0 Å². The number of allylic oxidation sites excluding steroid dienone is 2. The Bertz CT molecular complexity index is 723. The Morgan fingerprint density at radius 3 is 2.75 bits per heavy atom. The number of carbonyl (C=O) groups is 1. The first-order valence-electron chi connectivity index (χ1n) is 8.81. The smallest absolute Gasteiger partial charge is 0.173 e. The van der Waals surface area contributed by atoms with Gasteiger partial charge >= 0.3 is 0 Å². The third-order valence-corrected chi connectivity index (χ3v) is 6.03. The van der Waals surface area contributed by atoms with E-state index in [1.165, 1.54) is 13.2 Å². The average Bonchev–Trinajstić information content (AvgIpc) is 2.89. The van der Waals surface area contributed by atoms with Crippen LogP contribution in [-0.2, 0) is 11.2 Å². The lowest BCUT2D eigenvalue weighted by Gasteiger charge is -2.36. The van der Waals surface area contributed by atoms with Crippen LogP contribution in [-0.4, -0.2) is 12.9 Å². The van der Waals surface area contributed by atoms with Crippen LogP contribution in [0.15, 0.2) is 11.6 Å². The number of Topliss-reactive ketones (excluding diaryl/α,β-unsaturated/α-hetero) is 1. The number of unbranched alkanes of at least 4 members (excludes halogenated alkanes) is 1. The lowest BCUT2D eigenvalue weighted by Crippen LogP contribution is -2.28. The first-order chi connectivity index (χ1) is 11.5. The number of hydrogen-bond donors (Lipinski definition) is 0. The summed E-state index contributed by atoms with van der Waals surface area (Å²) in [6.45, 7) is 4.18. The van der Waals surface area contributed by atoms with Crippen LogP contribution in [0, 0.1) is 11.2 Å². The summed E-state index contributed by atoms with van der Waals surface area (Å²) in [4.78, 5) is 12.5. The molecule has 0 bridgehead atoms. The van der Waals surface area contributed by atoms with Gasteiger partial charge in [0.15, 0.2) is 17.3 Å². The van der Waals surface area contributed by atoms with Crippen molar-refractivity contribution in [2.45, 2.75) is 58.8 Å². The van der Waals surface area contributed by atoms with E-state index in [-0.39, 0.29) is 16.9 Å². The van der Waals surface area contributed by atoms with Gasteiger partial charge < -0.3 is 4.74 Å². The van der Waals surface area contributed by atoms with Gasteiger partial charge in [-0.3, -0.25) is 4.79 Å². The van der Waals surface area contributed by atoms with Crippen molar-refractivity contribution in [1.82, 2.24) is 0 Å². The summed E-state index contributed by atoms with van der Waals surface area (Å²) in [5.41, 5.74) is 3.64. The molecule has 2 aliphatic rings. The third-order valence-electron chi connectivity index (χ3n) is 5.63. The molecule has 3 rings (SSSR count). The zero-order valence-corrected chi connectivity index (χ0v) is 15.4. The average molecular weight is 351 g/mol. The molecule has 1 aromatic rings. The highest BCUT2D eigenvalue weighted by Crippen LogP contribution is 2.59. The summed E-state index contributed by atoms with van der Waals surface area (Å²) >= 11 is 6.48. The van der Waals surface area contributed by atoms with E-state index in [1.54, 1.807) is 0 Å². The van der Waals surface area contributed by atoms with Crippen LogP contribution in [0.3, 0.4) is 0 Å². The van der Waals surface area contributed by atoms with Gasteiger partial charge in [-0.2, -0.15) is 0 Å². The highest BCUT2D eigenvalue weighted by atomic mass is 35.5. The van der Waals surface area contributed by atoms with Gasteiger partial charge in [0.05, 0.1) is 12.1 Å². The number of halogens is 2. The minimum atomic E-state index is -0.450. The second-order valence-corrected chi connectivity index (χ2v) is 7.30. The molecule has 0 radical (unpaired) electrons. The van der Waals surface area contributed by atoms with Gasteiger partial charge in [-0.1, -0.05) is 38.3 Å². The number of ether oxygens (including phenoxy) is 1. The molecule has 1 atom stereocenters. The first-order valence-corrected chi connectivity index (χ1v) is 9.19. The van der Waals surface area contributed by atoms with Gasteiger partial charge in [-0.25, -0.2) is 4.39 Å². The number of benzene rings is 1. The van der Waals surface area contributed by atoms with Gasteiger partial charge in [-0.15, -0.1) is 0 Å². The predicted molar refractivity (Wildman–Crippen MR) is 95.1 cm³/mol. The van der Waals surface area contributed by atoms with Crippen molar-refractivity contribution in [3.63, 3.8) is 0 Å². The number of methoxy groups -OCH3 is 1. The molecule has 24 heavy (non-hydrogen) atoms. The standard InChI is InChI=1S/C20H24ClFO2/c1-4-6-8-20-9-7-16(23)12(5-2)17(20)13-10-15(22)19(24-3)18(21)14(13)11-20/h10H,4-9,11H2,1-3H3. The number of ketones is 1.